The largest absolute Gasteiger partial charge is 0.488 e. The predicted molar refractivity (Wildman–Crippen MR) is 136 cm³/mol. The molecule has 198 valence electrons. The van der Waals surface area contributed by atoms with E-state index in [1.165, 1.54) is 65.3 Å². The van der Waals surface area contributed by atoms with Crippen molar-refractivity contribution in [1.82, 2.24) is 14.7 Å². The van der Waals surface area contributed by atoms with E-state index in [0.29, 0.717) is 22.6 Å². The number of aromatic carboxylic acids is 1. The molecular weight excluding hydrogens is 510 g/mol. The first-order chi connectivity index (χ1) is 18.7. The SMILES string of the molecule is Cn1nc(C(=O)N(CC(=O)Nc2cccc(C(=O)O)c2)Cc2ccccc2F)c2c1-c1ccc(F)cc1OC2. The molecule has 0 fully saturated rings. The van der Waals surface area contributed by atoms with Crippen LogP contribution in [0.3, 0.4) is 0 Å². The van der Waals surface area contributed by atoms with Crippen molar-refractivity contribution in [3.8, 4) is 17.0 Å². The van der Waals surface area contributed by atoms with Crippen molar-refractivity contribution in [2.45, 2.75) is 13.2 Å². The van der Waals surface area contributed by atoms with Gasteiger partial charge < -0.3 is 20.1 Å². The van der Waals surface area contributed by atoms with E-state index in [1.807, 2.05) is 0 Å². The summed E-state index contributed by atoms with van der Waals surface area (Å²) in [6.07, 6.45) is 0. The Labute approximate surface area is 221 Å². The van der Waals surface area contributed by atoms with Gasteiger partial charge in [0.15, 0.2) is 5.69 Å². The van der Waals surface area contributed by atoms with Crippen LogP contribution in [0.25, 0.3) is 11.3 Å². The Morgan fingerprint density at radius 3 is 2.64 bits per heavy atom. The van der Waals surface area contributed by atoms with Crippen LogP contribution in [0.1, 0.15) is 32.0 Å². The molecule has 0 bridgehead atoms. The molecule has 0 radical (unpaired) electrons. The van der Waals surface area contributed by atoms with Crippen molar-refractivity contribution < 1.29 is 33.0 Å². The number of rotatable bonds is 7. The molecule has 0 spiro atoms. The standard InChI is InChI=1S/C28H22F2N4O5/c1-33-26-20-10-9-18(29)12-23(20)39-15-21(26)25(32-33)27(36)34(13-17-5-2-3-8-22(17)30)14-24(35)31-19-7-4-6-16(11-19)28(37)38/h2-12H,13-15H2,1H3,(H,31,35)(H,37,38). The topological polar surface area (TPSA) is 114 Å². The van der Waals surface area contributed by atoms with E-state index in [2.05, 4.69) is 10.4 Å². The first-order valence-electron chi connectivity index (χ1n) is 11.9. The highest BCUT2D eigenvalue weighted by molar-refractivity contribution is 6.00. The van der Waals surface area contributed by atoms with Gasteiger partial charge in [-0.3, -0.25) is 14.3 Å². The molecule has 0 aliphatic carbocycles. The van der Waals surface area contributed by atoms with Gasteiger partial charge in [-0.15, -0.1) is 0 Å². The number of carbonyl (C=O) groups is 3. The third kappa shape index (κ3) is 5.19. The molecule has 1 aliphatic rings. The van der Waals surface area contributed by atoms with Gasteiger partial charge in [-0.25, -0.2) is 13.6 Å². The maximum atomic E-state index is 14.5. The number of nitrogens with one attached hydrogen (secondary N) is 1. The normalized spacial score (nSPS) is 11.7. The molecule has 9 nitrogen and oxygen atoms in total. The Balaban J connectivity index is 1.46. The summed E-state index contributed by atoms with van der Waals surface area (Å²) in [6, 6.07) is 15.6. The number of carboxylic acid groups (broad SMARTS) is 1. The van der Waals surface area contributed by atoms with Crippen LogP contribution >= 0.6 is 0 Å². The second-order valence-electron chi connectivity index (χ2n) is 8.92. The number of amides is 2. The zero-order valence-electron chi connectivity index (χ0n) is 20.6. The summed E-state index contributed by atoms with van der Waals surface area (Å²) in [6.45, 7) is -0.761. The molecule has 1 aromatic heterocycles. The lowest BCUT2D eigenvalue weighted by Crippen LogP contribution is -2.38. The van der Waals surface area contributed by atoms with Crippen LogP contribution in [0.2, 0.25) is 0 Å². The number of carbonyl (C=O) groups excluding carboxylic acids is 2. The molecule has 11 heteroatoms. The molecule has 39 heavy (non-hydrogen) atoms. The second-order valence-corrected chi connectivity index (χ2v) is 8.92. The Morgan fingerprint density at radius 1 is 1.08 bits per heavy atom. The Kier molecular flexibility index (Phi) is 6.80. The minimum absolute atomic E-state index is 0.0134. The average molecular weight is 533 g/mol. The van der Waals surface area contributed by atoms with E-state index >= 15 is 0 Å². The highest BCUT2D eigenvalue weighted by Gasteiger charge is 2.32. The van der Waals surface area contributed by atoms with Crippen LogP contribution in [0.5, 0.6) is 5.75 Å². The number of anilines is 1. The van der Waals surface area contributed by atoms with Crippen LogP contribution in [-0.2, 0) is 25.0 Å². The first-order valence-corrected chi connectivity index (χ1v) is 11.9. The van der Waals surface area contributed by atoms with Crippen LogP contribution in [0.15, 0.2) is 66.7 Å². The molecule has 5 rings (SSSR count). The number of hydrogen-bond acceptors (Lipinski definition) is 5. The molecule has 2 amide bonds. The van der Waals surface area contributed by atoms with Crippen LogP contribution < -0.4 is 10.1 Å². The molecule has 1 aliphatic heterocycles. The van der Waals surface area contributed by atoms with Crippen LogP contribution in [-0.4, -0.2) is 44.1 Å². The number of benzene rings is 3. The van der Waals surface area contributed by atoms with Gasteiger partial charge in [-0.05, 0) is 36.4 Å². The molecule has 4 aromatic rings. The fourth-order valence-corrected chi connectivity index (χ4v) is 4.46. The Morgan fingerprint density at radius 2 is 1.87 bits per heavy atom. The zero-order chi connectivity index (χ0) is 27.7. The fourth-order valence-electron chi connectivity index (χ4n) is 4.46. The smallest absolute Gasteiger partial charge is 0.335 e. The first kappa shape index (κ1) is 25.6. The summed E-state index contributed by atoms with van der Waals surface area (Å²) in [5.74, 6) is -3.12. The number of fused-ring (bicyclic) bond motifs is 3. The molecular formula is C28H22F2N4O5. The number of aromatic nitrogens is 2. The maximum Gasteiger partial charge on any atom is 0.335 e. The summed E-state index contributed by atoms with van der Waals surface area (Å²) < 4.78 is 35.4. The average Bonchev–Trinajstić information content (AvgIpc) is 3.25. The maximum absolute atomic E-state index is 14.5. The molecule has 0 saturated carbocycles. The van der Waals surface area contributed by atoms with Gasteiger partial charge >= 0.3 is 5.97 Å². The van der Waals surface area contributed by atoms with Crippen LogP contribution in [0, 0.1) is 11.6 Å². The van der Waals surface area contributed by atoms with Gasteiger partial charge in [0.1, 0.15) is 30.5 Å². The lowest BCUT2D eigenvalue weighted by Gasteiger charge is -2.23. The van der Waals surface area contributed by atoms with E-state index in [0.717, 1.165) is 4.90 Å². The van der Waals surface area contributed by atoms with Gasteiger partial charge in [-0.2, -0.15) is 5.10 Å². The number of aryl methyl sites for hydroxylation is 1. The van der Waals surface area contributed by atoms with Gasteiger partial charge in [0, 0.05) is 42.0 Å². The van der Waals surface area contributed by atoms with Gasteiger partial charge in [0.25, 0.3) is 5.91 Å². The monoisotopic (exact) mass is 532 g/mol. The van der Waals surface area contributed by atoms with Crippen molar-refractivity contribution in [2.24, 2.45) is 7.05 Å². The highest BCUT2D eigenvalue weighted by Crippen LogP contribution is 2.39. The summed E-state index contributed by atoms with van der Waals surface area (Å²) in [7, 11) is 1.64. The number of ether oxygens (including phenoxy) is 1. The number of hydrogen-bond donors (Lipinski definition) is 2. The summed E-state index contributed by atoms with van der Waals surface area (Å²) >= 11 is 0. The lowest BCUT2D eigenvalue weighted by molar-refractivity contribution is -0.117. The minimum Gasteiger partial charge on any atom is -0.488 e. The van der Waals surface area contributed by atoms with E-state index in [1.54, 1.807) is 13.1 Å². The molecule has 0 atom stereocenters. The summed E-state index contributed by atoms with van der Waals surface area (Å²) in [5.41, 5.74) is 1.99. The third-order valence-electron chi connectivity index (χ3n) is 6.25. The molecule has 2 heterocycles. The molecule has 0 saturated heterocycles. The number of halogens is 2. The number of carboxylic acids is 1. The van der Waals surface area contributed by atoms with Gasteiger partial charge in [0.2, 0.25) is 5.91 Å². The van der Waals surface area contributed by atoms with E-state index in [9.17, 15) is 28.3 Å². The van der Waals surface area contributed by atoms with Crippen molar-refractivity contribution in [1.29, 1.82) is 0 Å². The third-order valence-corrected chi connectivity index (χ3v) is 6.25. The molecule has 2 N–H and O–H groups in total. The molecule has 3 aromatic carbocycles. The Hall–Kier alpha value is -5.06. The predicted octanol–water partition coefficient (Wildman–Crippen LogP) is 4.24. The number of nitrogens with zero attached hydrogens (tertiary/aromatic N) is 3. The van der Waals surface area contributed by atoms with Gasteiger partial charge in [0.05, 0.1) is 11.3 Å². The van der Waals surface area contributed by atoms with Crippen molar-refractivity contribution >= 4 is 23.5 Å². The van der Waals surface area contributed by atoms with Crippen LogP contribution in [0.4, 0.5) is 14.5 Å². The minimum atomic E-state index is -1.16. The summed E-state index contributed by atoms with van der Waals surface area (Å²) in [5, 5.41) is 16.2. The van der Waals surface area contributed by atoms with Gasteiger partial charge in [-0.1, -0.05) is 24.3 Å². The lowest BCUT2D eigenvalue weighted by atomic mass is 10.0. The van der Waals surface area contributed by atoms with Crippen molar-refractivity contribution in [3.63, 3.8) is 0 Å². The van der Waals surface area contributed by atoms with E-state index < -0.39 is 36.0 Å². The fraction of sp³-hybridized carbons (Fsp3) is 0.143. The highest BCUT2D eigenvalue weighted by atomic mass is 19.1. The quantitative estimate of drug-likeness (QED) is 0.368. The Bertz CT molecular complexity index is 1620. The summed E-state index contributed by atoms with van der Waals surface area (Å²) in [4.78, 5) is 39.2. The molecule has 0 unspecified atom stereocenters. The van der Waals surface area contributed by atoms with E-state index in [-0.39, 0.29) is 35.7 Å². The van der Waals surface area contributed by atoms with Crippen molar-refractivity contribution in [2.75, 3.05) is 11.9 Å². The second kappa shape index (κ2) is 10.4. The zero-order valence-corrected chi connectivity index (χ0v) is 20.6. The van der Waals surface area contributed by atoms with E-state index in [4.69, 9.17) is 4.74 Å². The van der Waals surface area contributed by atoms with Crippen molar-refractivity contribution in [3.05, 3.63) is 101 Å².